The first-order valence-electron chi connectivity index (χ1n) is 5.81. The molecule has 17 heavy (non-hydrogen) atoms. The number of rotatable bonds is 7. The summed E-state index contributed by atoms with van der Waals surface area (Å²) >= 11 is 1.77. The smallest absolute Gasteiger partial charge is 0.167 e. The van der Waals surface area contributed by atoms with Crippen LogP contribution in [0.25, 0.3) is 0 Å². The Hall–Kier alpha value is -0.990. The van der Waals surface area contributed by atoms with E-state index in [1.165, 1.54) is 0 Å². The van der Waals surface area contributed by atoms with Gasteiger partial charge in [0.25, 0.3) is 0 Å². The van der Waals surface area contributed by atoms with Crippen LogP contribution in [0, 0.1) is 11.3 Å². The van der Waals surface area contributed by atoms with Crippen LogP contribution in [-0.4, -0.2) is 27.9 Å². The van der Waals surface area contributed by atoms with Crippen molar-refractivity contribution in [2.24, 2.45) is 7.05 Å². The molecule has 5 heteroatoms. The molecule has 0 aliphatic carbocycles. The Morgan fingerprint density at radius 2 is 2.35 bits per heavy atom. The van der Waals surface area contributed by atoms with E-state index in [0.29, 0.717) is 0 Å². The van der Waals surface area contributed by atoms with Gasteiger partial charge in [0.15, 0.2) is 5.16 Å². The zero-order valence-corrected chi connectivity index (χ0v) is 11.5. The van der Waals surface area contributed by atoms with Crippen molar-refractivity contribution in [3.63, 3.8) is 0 Å². The molecule has 0 bridgehead atoms. The Kier molecular flexibility index (Phi) is 5.52. The second-order valence-electron chi connectivity index (χ2n) is 4.32. The zero-order chi connectivity index (χ0) is 12.7. The molecule has 4 nitrogen and oxygen atoms in total. The molecule has 1 atom stereocenters. The number of hydrogen-bond donors (Lipinski definition) is 1. The van der Waals surface area contributed by atoms with Crippen molar-refractivity contribution in [2.45, 2.75) is 36.9 Å². The first-order chi connectivity index (χ1) is 8.11. The predicted molar refractivity (Wildman–Crippen MR) is 70.9 cm³/mol. The van der Waals surface area contributed by atoms with E-state index in [2.05, 4.69) is 16.4 Å². The summed E-state index contributed by atoms with van der Waals surface area (Å²) in [7, 11) is 3.84. The van der Waals surface area contributed by atoms with Crippen LogP contribution < -0.4 is 5.32 Å². The fourth-order valence-electron chi connectivity index (χ4n) is 1.47. The molecule has 0 aromatic carbocycles. The van der Waals surface area contributed by atoms with Crippen LogP contribution in [0.1, 0.15) is 26.2 Å². The Bertz CT molecular complexity index is 382. The molecule has 0 aliphatic rings. The number of nitrogens with one attached hydrogen (secondary N) is 1. The minimum atomic E-state index is -0.381. The highest BCUT2D eigenvalue weighted by Crippen LogP contribution is 2.18. The molecule has 0 fully saturated rings. The third-order valence-electron chi connectivity index (χ3n) is 2.88. The Morgan fingerprint density at radius 1 is 1.59 bits per heavy atom. The number of thioether (sulfide) groups is 1. The number of nitrogens with zero attached hydrogens (tertiary/aromatic N) is 3. The standard InChI is InChI=1S/C12H20N4S/c1-12(10-13,14-2)6-4-5-9-17-11-15-7-8-16(11)3/h7-8,14H,4-6,9H2,1-3H3. The van der Waals surface area contributed by atoms with E-state index in [-0.39, 0.29) is 5.54 Å². The van der Waals surface area contributed by atoms with Crippen molar-refractivity contribution in [3.05, 3.63) is 12.4 Å². The first-order valence-corrected chi connectivity index (χ1v) is 6.80. The van der Waals surface area contributed by atoms with Gasteiger partial charge in [0.1, 0.15) is 5.54 Å². The summed E-state index contributed by atoms with van der Waals surface area (Å²) in [6.45, 7) is 1.94. The molecular formula is C12H20N4S. The van der Waals surface area contributed by atoms with Gasteiger partial charge < -0.3 is 9.88 Å². The second-order valence-corrected chi connectivity index (χ2v) is 5.38. The number of imidazole rings is 1. The van der Waals surface area contributed by atoms with Gasteiger partial charge in [0.2, 0.25) is 0 Å². The van der Waals surface area contributed by atoms with E-state index in [1.54, 1.807) is 11.8 Å². The second kappa shape index (κ2) is 6.67. The Morgan fingerprint density at radius 3 is 2.88 bits per heavy atom. The van der Waals surface area contributed by atoms with Crippen LogP contribution in [0.15, 0.2) is 17.6 Å². The monoisotopic (exact) mass is 252 g/mol. The van der Waals surface area contributed by atoms with Crippen molar-refractivity contribution in [1.29, 1.82) is 5.26 Å². The lowest BCUT2D eigenvalue weighted by Crippen LogP contribution is -2.37. The molecule has 1 aromatic heterocycles. The van der Waals surface area contributed by atoms with Crippen molar-refractivity contribution >= 4 is 11.8 Å². The summed E-state index contributed by atoms with van der Waals surface area (Å²) in [6, 6.07) is 2.31. The number of nitriles is 1. The highest BCUT2D eigenvalue weighted by Gasteiger charge is 2.19. The minimum absolute atomic E-state index is 0.381. The highest BCUT2D eigenvalue weighted by molar-refractivity contribution is 7.99. The van der Waals surface area contributed by atoms with Crippen molar-refractivity contribution in [3.8, 4) is 6.07 Å². The summed E-state index contributed by atoms with van der Waals surface area (Å²) in [6.07, 6.45) is 6.83. The lowest BCUT2D eigenvalue weighted by atomic mass is 9.97. The average Bonchev–Trinajstić information content (AvgIpc) is 2.74. The van der Waals surface area contributed by atoms with Crippen LogP contribution in [0.3, 0.4) is 0 Å². The van der Waals surface area contributed by atoms with Crippen LogP contribution >= 0.6 is 11.8 Å². The molecule has 0 aliphatic heterocycles. The van der Waals surface area contributed by atoms with Gasteiger partial charge >= 0.3 is 0 Å². The molecule has 0 radical (unpaired) electrons. The summed E-state index contributed by atoms with van der Waals surface area (Å²) in [5.41, 5.74) is -0.381. The van der Waals surface area contributed by atoms with Gasteiger partial charge in [-0.15, -0.1) is 0 Å². The van der Waals surface area contributed by atoms with Gasteiger partial charge in [-0.25, -0.2) is 4.98 Å². The van der Waals surface area contributed by atoms with E-state index in [9.17, 15) is 0 Å². The van der Waals surface area contributed by atoms with Crippen LogP contribution in [0.5, 0.6) is 0 Å². The van der Waals surface area contributed by atoms with Gasteiger partial charge in [-0.1, -0.05) is 11.8 Å². The fraction of sp³-hybridized carbons (Fsp3) is 0.667. The summed E-state index contributed by atoms with van der Waals surface area (Å²) in [4.78, 5) is 4.26. The maximum atomic E-state index is 9.00. The van der Waals surface area contributed by atoms with Crippen molar-refractivity contribution in [2.75, 3.05) is 12.8 Å². The number of aromatic nitrogens is 2. The van der Waals surface area contributed by atoms with Gasteiger partial charge in [0, 0.05) is 25.2 Å². The van der Waals surface area contributed by atoms with Gasteiger partial charge in [-0.3, -0.25) is 0 Å². The number of aryl methyl sites for hydroxylation is 1. The van der Waals surface area contributed by atoms with E-state index < -0.39 is 0 Å². The lowest BCUT2D eigenvalue weighted by Gasteiger charge is -2.20. The van der Waals surface area contributed by atoms with Crippen LogP contribution in [-0.2, 0) is 7.05 Å². The normalized spacial score (nSPS) is 14.2. The Labute approximate surface area is 107 Å². The molecule has 1 N–H and O–H groups in total. The van der Waals surface area contributed by atoms with Crippen molar-refractivity contribution < 1.29 is 0 Å². The van der Waals surface area contributed by atoms with Crippen molar-refractivity contribution in [1.82, 2.24) is 14.9 Å². The molecule has 0 spiro atoms. The largest absolute Gasteiger partial charge is 0.329 e. The van der Waals surface area contributed by atoms with Gasteiger partial charge in [0.05, 0.1) is 6.07 Å². The molecular weight excluding hydrogens is 232 g/mol. The third-order valence-corrected chi connectivity index (χ3v) is 4.02. The molecule has 1 rings (SSSR count). The SMILES string of the molecule is CNC(C)(C#N)CCCCSc1nccn1C. The van der Waals surface area contributed by atoms with Gasteiger partial charge in [-0.2, -0.15) is 5.26 Å². The maximum absolute atomic E-state index is 9.00. The summed E-state index contributed by atoms with van der Waals surface area (Å²) < 4.78 is 2.03. The Balaban J connectivity index is 2.18. The van der Waals surface area contributed by atoms with E-state index in [0.717, 1.165) is 30.2 Å². The van der Waals surface area contributed by atoms with E-state index in [1.807, 2.05) is 38.0 Å². The molecule has 1 heterocycles. The van der Waals surface area contributed by atoms with Crippen LogP contribution in [0.4, 0.5) is 0 Å². The first kappa shape index (κ1) is 14.1. The quantitative estimate of drug-likeness (QED) is 0.597. The fourth-order valence-corrected chi connectivity index (χ4v) is 2.40. The lowest BCUT2D eigenvalue weighted by molar-refractivity contribution is 0.439. The molecule has 0 saturated heterocycles. The maximum Gasteiger partial charge on any atom is 0.167 e. The van der Waals surface area contributed by atoms with E-state index >= 15 is 0 Å². The number of unbranched alkanes of at least 4 members (excludes halogenated alkanes) is 1. The third kappa shape index (κ3) is 4.41. The minimum Gasteiger partial charge on any atom is -0.329 e. The molecule has 1 unspecified atom stereocenters. The molecule has 1 aromatic rings. The summed E-state index contributed by atoms with van der Waals surface area (Å²) in [5, 5.41) is 13.1. The van der Waals surface area contributed by atoms with Crippen LogP contribution in [0.2, 0.25) is 0 Å². The number of hydrogen-bond acceptors (Lipinski definition) is 4. The average molecular weight is 252 g/mol. The predicted octanol–water partition coefficient (Wildman–Crippen LogP) is 2.18. The molecule has 0 saturated carbocycles. The zero-order valence-electron chi connectivity index (χ0n) is 10.7. The summed E-state index contributed by atoms with van der Waals surface area (Å²) in [5.74, 6) is 1.05. The van der Waals surface area contributed by atoms with E-state index in [4.69, 9.17) is 5.26 Å². The highest BCUT2D eigenvalue weighted by atomic mass is 32.2. The molecule has 94 valence electrons. The topological polar surface area (TPSA) is 53.6 Å². The van der Waals surface area contributed by atoms with Gasteiger partial charge in [-0.05, 0) is 33.2 Å². The molecule has 0 amide bonds.